The van der Waals surface area contributed by atoms with Crippen LogP contribution in [0.2, 0.25) is 0 Å². The third-order valence-electron chi connectivity index (χ3n) is 2.94. The highest BCUT2D eigenvalue weighted by atomic mass is 32.2. The van der Waals surface area contributed by atoms with E-state index in [0.29, 0.717) is 18.9 Å². The van der Waals surface area contributed by atoms with Gasteiger partial charge in [0.15, 0.2) is 0 Å². The van der Waals surface area contributed by atoms with Crippen molar-refractivity contribution in [2.75, 3.05) is 13.2 Å². The predicted octanol–water partition coefficient (Wildman–Crippen LogP) is 1.21. The number of ether oxygens (including phenoxy) is 1. The summed E-state index contributed by atoms with van der Waals surface area (Å²) < 4.78 is 17.4. The normalized spacial score (nSPS) is 18.4. The molecule has 0 bridgehead atoms. The molecule has 98 valence electrons. The summed E-state index contributed by atoms with van der Waals surface area (Å²) in [5, 5.41) is 9.12. The molecule has 0 radical (unpaired) electrons. The van der Waals surface area contributed by atoms with Crippen LogP contribution in [-0.4, -0.2) is 38.7 Å². The summed E-state index contributed by atoms with van der Waals surface area (Å²) in [5.74, 6) is -0.824. The third-order valence-corrected chi connectivity index (χ3v) is 4.71. The summed E-state index contributed by atoms with van der Waals surface area (Å²) in [6.07, 6.45) is 3.06. The minimum absolute atomic E-state index is 0.0856. The SMILES string of the molecule is O=C(O)c1cccnc1CS(=O)C1CCOCC1. The Morgan fingerprint density at radius 2 is 2.22 bits per heavy atom. The molecule has 1 aromatic heterocycles. The smallest absolute Gasteiger partial charge is 0.337 e. The van der Waals surface area contributed by atoms with Gasteiger partial charge in [-0.1, -0.05) is 0 Å². The lowest BCUT2D eigenvalue weighted by atomic mass is 10.2. The maximum atomic E-state index is 12.2. The number of carboxylic acid groups (broad SMARTS) is 1. The molecule has 0 aliphatic carbocycles. The molecule has 2 heterocycles. The van der Waals surface area contributed by atoms with Gasteiger partial charge in [-0.3, -0.25) is 9.19 Å². The molecule has 1 aliphatic rings. The van der Waals surface area contributed by atoms with Crippen LogP contribution in [0.4, 0.5) is 0 Å². The third kappa shape index (κ3) is 3.14. The van der Waals surface area contributed by atoms with Gasteiger partial charge in [-0.05, 0) is 25.0 Å². The van der Waals surface area contributed by atoms with Crippen molar-refractivity contribution in [2.45, 2.75) is 23.8 Å². The fraction of sp³-hybridized carbons (Fsp3) is 0.500. The van der Waals surface area contributed by atoms with Crippen molar-refractivity contribution in [3.63, 3.8) is 0 Å². The standard InChI is InChI=1S/C12H15NO4S/c14-12(15)10-2-1-5-13-11(10)8-18(16)9-3-6-17-7-4-9/h1-2,5,9H,3-4,6-8H2,(H,14,15). The zero-order valence-corrected chi connectivity index (χ0v) is 10.7. The first-order valence-corrected chi connectivity index (χ1v) is 7.19. The van der Waals surface area contributed by atoms with Crippen molar-refractivity contribution in [1.29, 1.82) is 0 Å². The molecule has 1 fully saturated rings. The maximum Gasteiger partial charge on any atom is 0.337 e. The summed E-state index contributed by atoms with van der Waals surface area (Å²) in [6.45, 7) is 1.26. The predicted molar refractivity (Wildman–Crippen MR) is 66.9 cm³/mol. The molecule has 2 rings (SSSR count). The molecule has 1 saturated heterocycles. The monoisotopic (exact) mass is 269 g/mol. The number of pyridine rings is 1. The summed E-state index contributed by atoms with van der Waals surface area (Å²) >= 11 is 0. The maximum absolute atomic E-state index is 12.2. The number of aromatic carboxylic acids is 1. The van der Waals surface area contributed by atoms with Crippen LogP contribution in [0.3, 0.4) is 0 Å². The molecular weight excluding hydrogens is 254 g/mol. The molecule has 5 nitrogen and oxygen atoms in total. The van der Waals surface area contributed by atoms with E-state index in [4.69, 9.17) is 9.84 Å². The van der Waals surface area contributed by atoms with Gasteiger partial charge in [0.25, 0.3) is 0 Å². The topological polar surface area (TPSA) is 76.5 Å². The zero-order valence-electron chi connectivity index (χ0n) is 9.87. The molecule has 1 N–H and O–H groups in total. The van der Waals surface area contributed by atoms with E-state index in [1.54, 1.807) is 6.07 Å². The molecule has 6 heteroatoms. The van der Waals surface area contributed by atoms with E-state index < -0.39 is 16.8 Å². The van der Waals surface area contributed by atoms with Crippen LogP contribution in [0, 0.1) is 0 Å². The van der Waals surface area contributed by atoms with Crippen molar-refractivity contribution < 1.29 is 18.8 Å². The first kappa shape index (κ1) is 13.2. The van der Waals surface area contributed by atoms with Gasteiger partial charge in [-0.2, -0.15) is 0 Å². The Morgan fingerprint density at radius 1 is 1.50 bits per heavy atom. The molecule has 0 aromatic carbocycles. The highest BCUT2D eigenvalue weighted by Gasteiger charge is 2.22. The first-order valence-electron chi connectivity index (χ1n) is 5.80. The average molecular weight is 269 g/mol. The molecule has 1 unspecified atom stereocenters. The van der Waals surface area contributed by atoms with Gasteiger partial charge in [-0.25, -0.2) is 4.79 Å². The van der Waals surface area contributed by atoms with E-state index in [2.05, 4.69) is 4.98 Å². The van der Waals surface area contributed by atoms with E-state index in [1.807, 2.05) is 0 Å². The van der Waals surface area contributed by atoms with Gasteiger partial charge in [0.05, 0.1) is 17.0 Å². The van der Waals surface area contributed by atoms with Gasteiger partial charge in [0, 0.05) is 35.5 Å². The van der Waals surface area contributed by atoms with Crippen molar-refractivity contribution in [3.05, 3.63) is 29.6 Å². The van der Waals surface area contributed by atoms with Gasteiger partial charge >= 0.3 is 5.97 Å². The quantitative estimate of drug-likeness (QED) is 0.889. The van der Waals surface area contributed by atoms with E-state index >= 15 is 0 Å². The van der Waals surface area contributed by atoms with Crippen molar-refractivity contribution in [2.24, 2.45) is 0 Å². The fourth-order valence-corrected chi connectivity index (χ4v) is 3.39. The number of nitrogens with zero attached hydrogens (tertiary/aromatic N) is 1. The van der Waals surface area contributed by atoms with Gasteiger partial charge in [-0.15, -0.1) is 0 Å². The second kappa shape index (κ2) is 6.06. The Kier molecular flexibility index (Phi) is 4.43. The Labute approximate surface area is 108 Å². The average Bonchev–Trinajstić information content (AvgIpc) is 2.40. The second-order valence-electron chi connectivity index (χ2n) is 4.14. The van der Waals surface area contributed by atoms with E-state index in [0.717, 1.165) is 12.8 Å². The first-order chi connectivity index (χ1) is 8.68. The van der Waals surface area contributed by atoms with Crippen molar-refractivity contribution in [1.82, 2.24) is 4.98 Å². The Bertz CT molecular complexity index is 457. The van der Waals surface area contributed by atoms with Crippen LogP contribution in [0.25, 0.3) is 0 Å². The molecule has 0 spiro atoms. The fourth-order valence-electron chi connectivity index (χ4n) is 1.94. The van der Waals surface area contributed by atoms with E-state index in [9.17, 15) is 9.00 Å². The highest BCUT2D eigenvalue weighted by Crippen LogP contribution is 2.17. The Hall–Kier alpha value is -1.27. The summed E-state index contributed by atoms with van der Waals surface area (Å²) in [6, 6.07) is 3.07. The minimum Gasteiger partial charge on any atom is -0.478 e. The lowest BCUT2D eigenvalue weighted by Gasteiger charge is -2.21. The van der Waals surface area contributed by atoms with Crippen LogP contribution in [0.1, 0.15) is 28.9 Å². The van der Waals surface area contributed by atoms with Crippen molar-refractivity contribution >= 4 is 16.8 Å². The van der Waals surface area contributed by atoms with Crippen LogP contribution in [0.5, 0.6) is 0 Å². The number of hydrogen-bond acceptors (Lipinski definition) is 4. The van der Waals surface area contributed by atoms with Gasteiger partial charge in [0.1, 0.15) is 0 Å². The van der Waals surface area contributed by atoms with E-state index in [-0.39, 0.29) is 16.6 Å². The minimum atomic E-state index is -1.09. The summed E-state index contributed by atoms with van der Waals surface area (Å²) in [4.78, 5) is 15.1. The molecule has 1 atom stereocenters. The van der Waals surface area contributed by atoms with Gasteiger partial charge < -0.3 is 9.84 Å². The zero-order chi connectivity index (χ0) is 13.0. The van der Waals surface area contributed by atoms with E-state index in [1.165, 1.54) is 12.3 Å². The van der Waals surface area contributed by atoms with Crippen molar-refractivity contribution in [3.8, 4) is 0 Å². The largest absolute Gasteiger partial charge is 0.478 e. The lowest BCUT2D eigenvalue weighted by molar-refractivity contribution is 0.0695. The molecule has 18 heavy (non-hydrogen) atoms. The van der Waals surface area contributed by atoms with Gasteiger partial charge in [0.2, 0.25) is 0 Å². The molecule has 0 saturated carbocycles. The second-order valence-corrected chi connectivity index (χ2v) is 5.86. The van der Waals surface area contributed by atoms with Crippen LogP contribution in [-0.2, 0) is 21.3 Å². The lowest BCUT2D eigenvalue weighted by Crippen LogP contribution is -2.26. The molecule has 0 amide bonds. The summed E-state index contributed by atoms with van der Waals surface area (Å²) in [7, 11) is -1.09. The Morgan fingerprint density at radius 3 is 2.89 bits per heavy atom. The van der Waals surface area contributed by atoms with Crippen LogP contribution < -0.4 is 0 Å². The summed E-state index contributed by atoms with van der Waals surface area (Å²) in [5.41, 5.74) is 0.535. The molecular formula is C12H15NO4S. The highest BCUT2D eigenvalue weighted by molar-refractivity contribution is 7.84. The number of carbonyl (C=O) groups is 1. The molecule has 1 aliphatic heterocycles. The van der Waals surface area contributed by atoms with Crippen LogP contribution >= 0.6 is 0 Å². The van der Waals surface area contributed by atoms with Crippen LogP contribution in [0.15, 0.2) is 18.3 Å². The molecule has 1 aromatic rings. The number of hydrogen-bond donors (Lipinski definition) is 1. The number of rotatable bonds is 4. The Balaban J connectivity index is 2.08. The number of aromatic nitrogens is 1. The number of carboxylic acids is 1.